The summed E-state index contributed by atoms with van der Waals surface area (Å²) in [7, 11) is 0. The van der Waals surface area contributed by atoms with Gasteiger partial charge in [-0.05, 0) is 24.6 Å². The molecule has 146 valence electrons. The standard InChI is InChI=1S/C19H16ClF2N3O2S/c1-11-4-12(5-23-17(11)20)13-7-28-14-2-3-24(18(27)16(13)14)6-15(26)25-9-19(22,8-21)10-25/h2-5,7H,6,8-10H2,1H3. The Hall–Kier alpha value is -2.32. The van der Waals surface area contributed by atoms with Crippen molar-refractivity contribution in [1.29, 1.82) is 0 Å². The van der Waals surface area contributed by atoms with Crippen LogP contribution in [0.15, 0.2) is 34.7 Å². The summed E-state index contributed by atoms with van der Waals surface area (Å²) in [6.45, 7) is -0.0585. The summed E-state index contributed by atoms with van der Waals surface area (Å²) in [6, 6.07) is 3.63. The maximum absolute atomic E-state index is 13.7. The van der Waals surface area contributed by atoms with Crippen molar-refractivity contribution in [1.82, 2.24) is 14.5 Å². The van der Waals surface area contributed by atoms with Crippen molar-refractivity contribution >= 4 is 38.9 Å². The number of halogens is 3. The van der Waals surface area contributed by atoms with Crippen LogP contribution in [0, 0.1) is 6.92 Å². The van der Waals surface area contributed by atoms with E-state index in [2.05, 4.69) is 4.98 Å². The van der Waals surface area contributed by atoms with Crippen molar-refractivity contribution in [2.45, 2.75) is 19.1 Å². The Morgan fingerprint density at radius 1 is 1.43 bits per heavy atom. The molecule has 1 aliphatic rings. The smallest absolute Gasteiger partial charge is 0.260 e. The first-order valence-corrected chi connectivity index (χ1v) is 9.83. The van der Waals surface area contributed by atoms with Gasteiger partial charge in [0.1, 0.15) is 18.4 Å². The van der Waals surface area contributed by atoms with Gasteiger partial charge < -0.3 is 9.47 Å². The van der Waals surface area contributed by atoms with Gasteiger partial charge in [-0.15, -0.1) is 11.3 Å². The average Bonchev–Trinajstić information content (AvgIpc) is 3.08. The van der Waals surface area contributed by atoms with E-state index in [0.29, 0.717) is 10.5 Å². The Morgan fingerprint density at radius 2 is 2.18 bits per heavy atom. The molecular weight excluding hydrogens is 408 g/mol. The molecule has 3 aromatic heterocycles. The van der Waals surface area contributed by atoms with Gasteiger partial charge in [-0.2, -0.15) is 0 Å². The average molecular weight is 424 g/mol. The first-order chi connectivity index (χ1) is 13.3. The van der Waals surface area contributed by atoms with Gasteiger partial charge in [0.15, 0.2) is 5.67 Å². The van der Waals surface area contributed by atoms with Crippen LogP contribution in [0.25, 0.3) is 21.2 Å². The molecule has 0 aliphatic carbocycles. The number of carbonyl (C=O) groups is 1. The van der Waals surface area contributed by atoms with E-state index in [1.165, 1.54) is 20.8 Å². The quantitative estimate of drug-likeness (QED) is 0.602. The molecule has 0 bridgehead atoms. The summed E-state index contributed by atoms with van der Waals surface area (Å²) in [5.74, 6) is -0.413. The number of pyridine rings is 2. The number of hydrogen-bond acceptors (Lipinski definition) is 4. The second-order valence-corrected chi connectivity index (χ2v) is 8.27. The summed E-state index contributed by atoms with van der Waals surface area (Å²) in [5, 5.41) is 2.77. The van der Waals surface area contributed by atoms with E-state index in [9.17, 15) is 18.4 Å². The molecule has 0 saturated carbocycles. The molecule has 1 saturated heterocycles. The minimum atomic E-state index is -1.95. The first-order valence-electron chi connectivity index (χ1n) is 8.57. The van der Waals surface area contributed by atoms with Crippen molar-refractivity contribution in [3.63, 3.8) is 0 Å². The zero-order valence-electron chi connectivity index (χ0n) is 14.9. The molecule has 9 heteroatoms. The van der Waals surface area contributed by atoms with Crippen LogP contribution in [-0.2, 0) is 11.3 Å². The predicted octanol–water partition coefficient (Wildman–Crippen LogP) is 3.61. The molecule has 1 amide bonds. The molecule has 4 rings (SSSR count). The Kier molecular flexibility index (Phi) is 4.71. The van der Waals surface area contributed by atoms with Crippen LogP contribution in [-0.4, -0.2) is 45.8 Å². The van der Waals surface area contributed by atoms with Gasteiger partial charge in [0.25, 0.3) is 5.56 Å². The van der Waals surface area contributed by atoms with Crippen molar-refractivity contribution in [2.75, 3.05) is 19.8 Å². The Morgan fingerprint density at radius 3 is 2.86 bits per heavy atom. The third-order valence-electron chi connectivity index (χ3n) is 4.87. The second kappa shape index (κ2) is 6.93. The van der Waals surface area contributed by atoms with Crippen LogP contribution in [0.3, 0.4) is 0 Å². The van der Waals surface area contributed by atoms with E-state index < -0.39 is 18.3 Å². The van der Waals surface area contributed by atoms with E-state index in [1.807, 2.05) is 18.4 Å². The fourth-order valence-electron chi connectivity index (χ4n) is 3.27. The normalized spacial score (nSPS) is 15.6. The van der Waals surface area contributed by atoms with Gasteiger partial charge in [-0.3, -0.25) is 9.59 Å². The molecular formula is C19H16ClF2N3O2S. The zero-order chi connectivity index (χ0) is 20.1. The van der Waals surface area contributed by atoms with E-state index in [-0.39, 0.29) is 25.2 Å². The highest BCUT2D eigenvalue weighted by molar-refractivity contribution is 7.17. The van der Waals surface area contributed by atoms with E-state index in [0.717, 1.165) is 21.4 Å². The highest BCUT2D eigenvalue weighted by Gasteiger charge is 2.45. The van der Waals surface area contributed by atoms with E-state index >= 15 is 0 Å². The van der Waals surface area contributed by atoms with Gasteiger partial charge >= 0.3 is 0 Å². The minimum absolute atomic E-state index is 0.218. The molecule has 0 N–H and O–H groups in total. The topological polar surface area (TPSA) is 55.2 Å². The highest BCUT2D eigenvalue weighted by Crippen LogP contribution is 2.32. The summed E-state index contributed by atoms with van der Waals surface area (Å²) >= 11 is 7.41. The predicted molar refractivity (Wildman–Crippen MR) is 105 cm³/mol. The number of amides is 1. The fraction of sp³-hybridized carbons (Fsp3) is 0.316. The minimum Gasteiger partial charge on any atom is -0.334 e. The fourth-order valence-corrected chi connectivity index (χ4v) is 4.33. The first kappa shape index (κ1) is 19.0. The van der Waals surface area contributed by atoms with Gasteiger partial charge in [-0.25, -0.2) is 13.8 Å². The summed E-state index contributed by atoms with van der Waals surface area (Å²) in [4.78, 5) is 30.7. The molecule has 28 heavy (non-hydrogen) atoms. The third kappa shape index (κ3) is 3.20. The van der Waals surface area contributed by atoms with Gasteiger partial charge in [0.2, 0.25) is 5.91 Å². The number of rotatable bonds is 4. The molecule has 3 aromatic rings. The largest absolute Gasteiger partial charge is 0.334 e. The van der Waals surface area contributed by atoms with Crippen LogP contribution < -0.4 is 5.56 Å². The second-order valence-electron chi connectivity index (χ2n) is 7.00. The summed E-state index contributed by atoms with van der Waals surface area (Å²) < 4.78 is 28.3. The highest BCUT2D eigenvalue weighted by atomic mass is 35.5. The molecule has 0 atom stereocenters. The Balaban J connectivity index is 1.66. The molecule has 0 radical (unpaired) electrons. The number of alkyl halides is 2. The number of carbonyl (C=O) groups excluding carboxylic acids is 1. The number of aromatic nitrogens is 2. The Labute approximate surface area is 168 Å². The molecule has 0 unspecified atom stereocenters. The number of likely N-dealkylation sites (tertiary alicyclic amines) is 1. The maximum atomic E-state index is 13.7. The van der Waals surface area contributed by atoms with Crippen LogP contribution in [0.5, 0.6) is 0 Å². The molecule has 1 aliphatic heterocycles. The van der Waals surface area contributed by atoms with Gasteiger partial charge in [0.05, 0.1) is 18.5 Å². The molecule has 1 fully saturated rings. The van der Waals surface area contributed by atoms with Crippen LogP contribution in [0.2, 0.25) is 5.15 Å². The Bertz CT molecular complexity index is 1140. The molecule has 4 heterocycles. The summed E-state index contributed by atoms with van der Waals surface area (Å²) in [5.41, 5.74) is 0.0212. The lowest BCUT2D eigenvalue weighted by Crippen LogP contribution is -2.62. The van der Waals surface area contributed by atoms with E-state index in [1.54, 1.807) is 18.5 Å². The maximum Gasteiger partial charge on any atom is 0.260 e. The number of hydrogen-bond donors (Lipinski definition) is 0. The summed E-state index contributed by atoms with van der Waals surface area (Å²) in [6.07, 6.45) is 3.16. The van der Waals surface area contributed by atoms with Gasteiger partial charge in [-0.1, -0.05) is 11.6 Å². The lowest BCUT2D eigenvalue weighted by Gasteiger charge is -2.42. The number of fused-ring (bicyclic) bond motifs is 1. The van der Waals surface area contributed by atoms with Crippen LogP contribution in [0.4, 0.5) is 8.78 Å². The van der Waals surface area contributed by atoms with E-state index in [4.69, 9.17) is 11.6 Å². The number of nitrogens with zero attached hydrogens (tertiary/aromatic N) is 3. The zero-order valence-corrected chi connectivity index (χ0v) is 16.5. The van der Waals surface area contributed by atoms with Crippen LogP contribution >= 0.6 is 22.9 Å². The lowest BCUT2D eigenvalue weighted by molar-refractivity contribution is -0.147. The van der Waals surface area contributed by atoms with Crippen molar-refractivity contribution in [3.8, 4) is 11.1 Å². The van der Waals surface area contributed by atoms with Crippen LogP contribution in [0.1, 0.15) is 5.56 Å². The van der Waals surface area contributed by atoms with Crippen molar-refractivity contribution in [3.05, 3.63) is 51.0 Å². The molecule has 5 nitrogen and oxygen atoms in total. The van der Waals surface area contributed by atoms with Gasteiger partial charge in [0, 0.05) is 33.6 Å². The number of aryl methyl sites for hydroxylation is 1. The monoisotopic (exact) mass is 423 g/mol. The SMILES string of the molecule is Cc1cc(-c2csc3ccn(CC(=O)N4CC(F)(CF)C4)c(=O)c23)cnc1Cl. The third-order valence-corrected chi connectivity index (χ3v) is 6.22. The molecule has 0 spiro atoms. The number of thiophene rings is 1. The van der Waals surface area contributed by atoms with Crippen molar-refractivity contribution < 1.29 is 13.6 Å². The molecule has 0 aromatic carbocycles. The lowest BCUT2D eigenvalue weighted by atomic mass is 9.98. The van der Waals surface area contributed by atoms with Crippen molar-refractivity contribution in [2.24, 2.45) is 0 Å².